The molecule has 0 saturated heterocycles. The van der Waals surface area contributed by atoms with E-state index in [1.54, 1.807) is 0 Å². The van der Waals surface area contributed by atoms with Crippen LogP contribution in [0.15, 0.2) is 30.3 Å². The topological polar surface area (TPSA) is 23.8 Å². The summed E-state index contributed by atoms with van der Waals surface area (Å²) in [5.41, 5.74) is 1.49. The van der Waals surface area contributed by atoms with Crippen molar-refractivity contribution in [3.8, 4) is 6.07 Å². The van der Waals surface area contributed by atoms with Gasteiger partial charge in [0.25, 0.3) is 0 Å². The lowest BCUT2D eigenvalue weighted by molar-refractivity contribution is 0.352. The summed E-state index contributed by atoms with van der Waals surface area (Å²) in [7, 11) is 0. The molecule has 78 valence electrons. The molecule has 1 saturated carbocycles. The van der Waals surface area contributed by atoms with Crippen molar-refractivity contribution >= 4 is 0 Å². The van der Waals surface area contributed by atoms with E-state index in [9.17, 15) is 5.26 Å². The zero-order valence-corrected chi connectivity index (χ0v) is 9.24. The fourth-order valence-electron chi connectivity index (χ4n) is 2.87. The molecule has 1 fully saturated rings. The van der Waals surface area contributed by atoms with Gasteiger partial charge < -0.3 is 0 Å². The van der Waals surface area contributed by atoms with E-state index < -0.39 is 0 Å². The molecule has 0 radical (unpaired) electrons. The third-order valence-electron chi connectivity index (χ3n) is 3.87. The first-order valence-electron chi connectivity index (χ1n) is 5.75. The molecule has 0 N–H and O–H groups in total. The maximum Gasteiger partial charge on any atom is 0.0662 e. The smallest absolute Gasteiger partial charge is 0.0662 e. The predicted molar refractivity (Wildman–Crippen MR) is 61.4 cm³/mol. The van der Waals surface area contributed by atoms with E-state index in [1.807, 2.05) is 6.07 Å². The molecule has 1 heteroatoms. The lowest BCUT2D eigenvalue weighted by Crippen LogP contribution is -2.29. The quantitative estimate of drug-likeness (QED) is 0.713. The molecule has 0 aromatic heterocycles. The minimum Gasteiger partial charge on any atom is -0.198 e. The Bertz CT molecular complexity index is 355. The van der Waals surface area contributed by atoms with Gasteiger partial charge in [-0.2, -0.15) is 5.26 Å². The minimum absolute atomic E-state index is 0.127. The van der Waals surface area contributed by atoms with Gasteiger partial charge in [0.2, 0.25) is 0 Å². The Balaban J connectivity index is 2.40. The highest BCUT2D eigenvalue weighted by molar-refractivity contribution is 5.29. The Morgan fingerprint density at radius 2 is 1.80 bits per heavy atom. The van der Waals surface area contributed by atoms with E-state index in [4.69, 9.17) is 0 Å². The maximum atomic E-state index is 9.17. The van der Waals surface area contributed by atoms with Gasteiger partial charge in [-0.05, 0) is 25.3 Å². The number of hydrogen-bond acceptors (Lipinski definition) is 1. The molecule has 1 unspecified atom stereocenters. The van der Waals surface area contributed by atoms with Gasteiger partial charge in [-0.15, -0.1) is 0 Å². The zero-order chi connectivity index (χ0) is 10.7. The van der Waals surface area contributed by atoms with Crippen LogP contribution in [0.25, 0.3) is 0 Å². The van der Waals surface area contributed by atoms with Gasteiger partial charge in [0, 0.05) is 5.41 Å². The molecule has 2 rings (SSSR count). The van der Waals surface area contributed by atoms with Crippen LogP contribution < -0.4 is 0 Å². The van der Waals surface area contributed by atoms with Gasteiger partial charge in [-0.1, -0.05) is 43.2 Å². The van der Waals surface area contributed by atoms with Gasteiger partial charge in [0.05, 0.1) is 12.0 Å². The highest BCUT2D eigenvalue weighted by Crippen LogP contribution is 2.46. The summed E-state index contributed by atoms with van der Waals surface area (Å²) in [5.74, 6) is 0.127. The summed E-state index contributed by atoms with van der Waals surface area (Å²) in [6.45, 7) is 2.07. The van der Waals surface area contributed by atoms with E-state index >= 15 is 0 Å². The molecule has 1 aromatic rings. The van der Waals surface area contributed by atoms with Crippen molar-refractivity contribution in [3.63, 3.8) is 0 Å². The molecule has 1 nitrogen and oxygen atoms in total. The maximum absolute atomic E-state index is 9.17. The van der Waals surface area contributed by atoms with Crippen LogP contribution in [0.4, 0.5) is 0 Å². The second-order valence-corrected chi connectivity index (χ2v) is 4.58. The Morgan fingerprint density at radius 3 is 2.33 bits per heavy atom. The van der Waals surface area contributed by atoms with Crippen molar-refractivity contribution < 1.29 is 0 Å². The second-order valence-electron chi connectivity index (χ2n) is 4.58. The fraction of sp³-hybridized carbons (Fsp3) is 0.500. The average Bonchev–Trinajstić information content (AvgIpc) is 2.79. The first-order valence-corrected chi connectivity index (χ1v) is 5.75. The van der Waals surface area contributed by atoms with Crippen LogP contribution in [-0.4, -0.2) is 0 Å². The van der Waals surface area contributed by atoms with Gasteiger partial charge >= 0.3 is 0 Å². The van der Waals surface area contributed by atoms with Crippen LogP contribution in [0.2, 0.25) is 0 Å². The van der Waals surface area contributed by atoms with Crippen molar-refractivity contribution in [2.75, 3.05) is 0 Å². The van der Waals surface area contributed by atoms with Crippen molar-refractivity contribution in [1.82, 2.24) is 0 Å². The Kier molecular flexibility index (Phi) is 2.77. The van der Waals surface area contributed by atoms with Crippen molar-refractivity contribution in [2.24, 2.45) is 5.92 Å². The fourth-order valence-corrected chi connectivity index (χ4v) is 2.87. The third kappa shape index (κ3) is 1.65. The summed E-state index contributed by atoms with van der Waals surface area (Å²) >= 11 is 0. The predicted octanol–water partition coefficient (Wildman–Crippen LogP) is 3.66. The van der Waals surface area contributed by atoms with Crippen LogP contribution in [0, 0.1) is 17.2 Å². The van der Waals surface area contributed by atoms with Crippen LogP contribution in [0.3, 0.4) is 0 Å². The zero-order valence-electron chi connectivity index (χ0n) is 9.24. The van der Waals surface area contributed by atoms with Crippen LogP contribution in [0.1, 0.15) is 38.2 Å². The Labute approximate surface area is 91.7 Å². The largest absolute Gasteiger partial charge is 0.198 e. The molecule has 0 spiro atoms. The molecule has 0 heterocycles. The SMILES string of the molecule is CC(C#N)C1(c2ccccc2)CCCC1. The number of nitriles is 1. The molecule has 1 aliphatic rings. The number of nitrogens with zero attached hydrogens (tertiary/aromatic N) is 1. The highest BCUT2D eigenvalue weighted by atomic mass is 14.4. The van der Waals surface area contributed by atoms with Gasteiger partial charge in [-0.3, -0.25) is 0 Å². The summed E-state index contributed by atoms with van der Waals surface area (Å²) in [6.07, 6.45) is 4.87. The van der Waals surface area contributed by atoms with E-state index in [-0.39, 0.29) is 11.3 Å². The minimum atomic E-state index is 0.127. The Morgan fingerprint density at radius 1 is 1.20 bits per heavy atom. The lowest BCUT2D eigenvalue weighted by atomic mass is 9.70. The van der Waals surface area contributed by atoms with E-state index in [2.05, 4.69) is 37.3 Å². The number of rotatable bonds is 2. The summed E-state index contributed by atoms with van der Waals surface area (Å²) < 4.78 is 0. The standard InChI is InChI=1S/C14H17N/c1-12(11-15)14(9-5-6-10-14)13-7-3-2-4-8-13/h2-4,7-8,12H,5-6,9-10H2,1H3. The van der Waals surface area contributed by atoms with Crippen molar-refractivity contribution in [3.05, 3.63) is 35.9 Å². The molecule has 15 heavy (non-hydrogen) atoms. The van der Waals surface area contributed by atoms with E-state index in [0.717, 1.165) is 0 Å². The third-order valence-corrected chi connectivity index (χ3v) is 3.87. The molecule has 1 aliphatic carbocycles. The molecular weight excluding hydrogens is 182 g/mol. The molecule has 0 amide bonds. The Hall–Kier alpha value is -1.29. The summed E-state index contributed by atoms with van der Waals surface area (Å²) in [6, 6.07) is 13.0. The normalized spacial score (nSPS) is 20.8. The molecule has 0 aliphatic heterocycles. The first kappa shape index (κ1) is 10.2. The van der Waals surface area contributed by atoms with Crippen LogP contribution in [0.5, 0.6) is 0 Å². The lowest BCUT2D eigenvalue weighted by Gasteiger charge is -2.32. The summed E-state index contributed by atoms with van der Waals surface area (Å²) in [5, 5.41) is 9.17. The van der Waals surface area contributed by atoms with Crippen molar-refractivity contribution in [1.29, 1.82) is 5.26 Å². The molecule has 0 bridgehead atoms. The number of benzene rings is 1. The number of hydrogen-bond donors (Lipinski definition) is 0. The van der Waals surface area contributed by atoms with Crippen LogP contribution in [-0.2, 0) is 5.41 Å². The van der Waals surface area contributed by atoms with E-state index in [0.29, 0.717) is 0 Å². The summed E-state index contributed by atoms with van der Waals surface area (Å²) in [4.78, 5) is 0. The van der Waals surface area contributed by atoms with Gasteiger partial charge in [0.1, 0.15) is 0 Å². The monoisotopic (exact) mass is 199 g/mol. The molecule has 1 aromatic carbocycles. The molecule has 1 atom stereocenters. The van der Waals surface area contributed by atoms with Gasteiger partial charge in [-0.25, -0.2) is 0 Å². The van der Waals surface area contributed by atoms with Gasteiger partial charge in [0.15, 0.2) is 0 Å². The van der Waals surface area contributed by atoms with Crippen molar-refractivity contribution in [2.45, 2.75) is 38.0 Å². The highest BCUT2D eigenvalue weighted by Gasteiger charge is 2.40. The first-order chi connectivity index (χ1) is 7.29. The second kappa shape index (κ2) is 4.06. The van der Waals surface area contributed by atoms with Crippen LogP contribution >= 0.6 is 0 Å². The average molecular weight is 199 g/mol. The molecular formula is C14H17N. The van der Waals surface area contributed by atoms with E-state index in [1.165, 1.54) is 31.2 Å².